The summed E-state index contributed by atoms with van der Waals surface area (Å²) >= 11 is 1.65. The Hall–Kier alpha value is -2.28. The van der Waals surface area contributed by atoms with Gasteiger partial charge in [0.15, 0.2) is 0 Å². The zero-order valence-electron chi connectivity index (χ0n) is 14.2. The lowest BCUT2D eigenvalue weighted by atomic mass is 10.0. The number of nitrogens with one attached hydrogen (secondary N) is 2. The van der Waals surface area contributed by atoms with E-state index in [2.05, 4.69) is 10.3 Å². The second-order valence-electron chi connectivity index (χ2n) is 5.96. The number of aryl methyl sites for hydroxylation is 1. The van der Waals surface area contributed by atoms with Crippen LogP contribution in [0.15, 0.2) is 23.1 Å². The Morgan fingerprint density at radius 1 is 1.36 bits per heavy atom. The molecule has 0 saturated heterocycles. The number of methoxy groups -OCH3 is 1. The van der Waals surface area contributed by atoms with E-state index >= 15 is 0 Å². The summed E-state index contributed by atoms with van der Waals surface area (Å²) in [7, 11) is 1.30. The van der Waals surface area contributed by atoms with Crippen LogP contribution in [0.3, 0.4) is 0 Å². The Balaban J connectivity index is 1.87. The summed E-state index contributed by atoms with van der Waals surface area (Å²) < 4.78 is 18.4. The van der Waals surface area contributed by atoms with Crippen molar-refractivity contribution in [1.29, 1.82) is 0 Å². The molecule has 0 bridgehead atoms. The van der Waals surface area contributed by atoms with Crippen LogP contribution in [0.2, 0.25) is 0 Å². The fraction of sp³-hybridized carbons (Fsp3) is 0.333. The van der Waals surface area contributed by atoms with Gasteiger partial charge in [0, 0.05) is 16.3 Å². The van der Waals surface area contributed by atoms with E-state index in [1.165, 1.54) is 19.2 Å². The van der Waals surface area contributed by atoms with Crippen LogP contribution in [0.5, 0.6) is 0 Å². The molecule has 1 aliphatic rings. The molecule has 0 spiro atoms. The van der Waals surface area contributed by atoms with Gasteiger partial charge in [0.25, 0.3) is 5.91 Å². The molecule has 7 heteroatoms. The fourth-order valence-corrected chi connectivity index (χ4v) is 4.24. The molecular weight excluding hydrogens is 343 g/mol. The number of thioether (sulfide) groups is 1. The van der Waals surface area contributed by atoms with E-state index in [4.69, 9.17) is 4.74 Å². The minimum absolute atomic E-state index is 0.260. The molecule has 1 atom stereocenters. The standard InChI is InChI=1S/C18H19FN2O3S/c1-9-15(18(23)24-3)10(2)20-16(9)17(22)21-13-6-7-25-14-5-4-11(19)8-12(13)14/h4-5,8,13,20H,6-7H2,1-3H3,(H,21,22). The Morgan fingerprint density at radius 3 is 2.84 bits per heavy atom. The molecule has 2 aromatic rings. The van der Waals surface area contributed by atoms with Crippen molar-refractivity contribution in [3.8, 4) is 0 Å². The fourth-order valence-electron chi connectivity index (χ4n) is 3.13. The summed E-state index contributed by atoms with van der Waals surface area (Å²) in [5, 5.41) is 2.95. The monoisotopic (exact) mass is 362 g/mol. The molecule has 0 radical (unpaired) electrons. The SMILES string of the molecule is COC(=O)c1c(C)[nH]c(C(=O)NC2CCSc3ccc(F)cc32)c1C. The number of amides is 1. The van der Waals surface area contributed by atoms with Crippen LogP contribution in [0.1, 0.15) is 50.1 Å². The second-order valence-corrected chi connectivity index (χ2v) is 7.10. The van der Waals surface area contributed by atoms with E-state index in [9.17, 15) is 14.0 Å². The zero-order valence-corrected chi connectivity index (χ0v) is 15.1. The zero-order chi connectivity index (χ0) is 18.1. The molecule has 0 saturated carbocycles. The van der Waals surface area contributed by atoms with Crippen LogP contribution in [0.25, 0.3) is 0 Å². The maximum absolute atomic E-state index is 13.6. The normalized spacial score (nSPS) is 16.2. The molecule has 5 nitrogen and oxygen atoms in total. The summed E-state index contributed by atoms with van der Waals surface area (Å²) in [6, 6.07) is 4.38. The lowest BCUT2D eigenvalue weighted by Crippen LogP contribution is -2.31. The highest BCUT2D eigenvalue weighted by Gasteiger charge is 2.27. The summed E-state index contributed by atoms with van der Waals surface area (Å²) in [5.74, 6) is -0.269. The van der Waals surface area contributed by atoms with Gasteiger partial charge in [0.1, 0.15) is 11.5 Å². The van der Waals surface area contributed by atoms with E-state index in [1.807, 2.05) is 0 Å². The highest BCUT2D eigenvalue weighted by atomic mass is 32.2. The van der Waals surface area contributed by atoms with Crippen molar-refractivity contribution in [2.24, 2.45) is 0 Å². The van der Waals surface area contributed by atoms with E-state index in [1.54, 1.807) is 31.7 Å². The number of rotatable bonds is 3. The predicted octanol–water partition coefficient (Wildman–Crippen LogP) is 3.52. The minimum Gasteiger partial charge on any atom is -0.465 e. The molecule has 3 rings (SSSR count). The number of ether oxygens (including phenoxy) is 1. The molecule has 1 unspecified atom stereocenters. The Kier molecular flexibility index (Phi) is 4.85. The van der Waals surface area contributed by atoms with Gasteiger partial charge in [-0.25, -0.2) is 9.18 Å². The van der Waals surface area contributed by atoms with Gasteiger partial charge in [-0.2, -0.15) is 0 Å². The van der Waals surface area contributed by atoms with Crippen LogP contribution < -0.4 is 5.32 Å². The van der Waals surface area contributed by atoms with Crippen molar-refractivity contribution in [3.63, 3.8) is 0 Å². The third kappa shape index (κ3) is 3.28. The number of hydrogen-bond acceptors (Lipinski definition) is 4. The van der Waals surface area contributed by atoms with Gasteiger partial charge >= 0.3 is 5.97 Å². The molecule has 25 heavy (non-hydrogen) atoms. The lowest BCUT2D eigenvalue weighted by molar-refractivity contribution is 0.0599. The molecule has 0 aliphatic carbocycles. The van der Waals surface area contributed by atoms with Crippen molar-refractivity contribution in [2.75, 3.05) is 12.9 Å². The van der Waals surface area contributed by atoms with Crippen molar-refractivity contribution in [2.45, 2.75) is 31.2 Å². The number of aromatic nitrogens is 1. The molecular formula is C18H19FN2O3S. The first-order chi connectivity index (χ1) is 11.9. The summed E-state index contributed by atoms with van der Waals surface area (Å²) in [6.07, 6.45) is 0.718. The first-order valence-electron chi connectivity index (χ1n) is 7.93. The van der Waals surface area contributed by atoms with E-state index in [0.717, 1.165) is 22.6 Å². The van der Waals surface area contributed by atoms with Crippen molar-refractivity contribution in [3.05, 3.63) is 52.1 Å². The van der Waals surface area contributed by atoms with E-state index < -0.39 is 5.97 Å². The number of carbonyl (C=O) groups is 2. The number of hydrogen-bond donors (Lipinski definition) is 2. The quantitative estimate of drug-likeness (QED) is 0.820. The highest BCUT2D eigenvalue weighted by molar-refractivity contribution is 7.99. The third-order valence-electron chi connectivity index (χ3n) is 4.37. The Morgan fingerprint density at radius 2 is 2.12 bits per heavy atom. The number of fused-ring (bicyclic) bond motifs is 1. The number of carbonyl (C=O) groups excluding carboxylic acids is 2. The van der Waals surface area contributed by atoms with Gasteiger partial charge in [0.05, 0.1) is 18.7 Å². The largest absolute Gasteiger partial charge is 0.465 e. The number of aromatic amines is 1. The molecule has 1 amide bonds. The topological polar surface area (TPSA) is 71.2 Å². The first kappa shape index (κ1) is 17.5. The lowest BCUT2D eigenvalue weighted by Gasteiger charge is -2.26. The molecule has 1 aromatic carbocycles. The number of benzene rings is 1. The smallest absolute Gasteiger partial charge is 0.339 e. The van der Waals surface area contributed by atoms with Gasteiger partial charge in [0.2, 0.25) is 0 Å². The van der Waals surface area contributed by atoms with Crippen molar-refractivity contribution >= 4 is 23.6 Å². The van der Waals surface area contributed by atoms with Gasteiger partial charge in [-0.1, -0.05) is 0 Å². The summed E-state index contributed by atoms with van der Waals surface area (Å²) in [5.41, 5.74) is 2.62. The van der Waals surface area contributed by atoms with Crippen LogP contribution >= 0.6 is 11.8 Å². The maximum Gasteiger partial charge on any atom is 0.339 e. The number of H-pyrrole nitrogens is 1. The van der Waals surface area contributed by atoms with Gasteiger partial charge in [-0.05, 0) is 49.6 Å². The van der Waals surface area contributed by atoms with Gasteiger partial charge in [-0.15, -0.1) is 11.8 Å². The van der Waals surface area contributed by atoms with E-state index in [-0.39, 0.29) is 17.8 Å². The minimum atomic E-state index is -0.480. The van der Waals surface area contributed by atoms with Crippen LogP contribution in [-0.2, 0) is 4.74 Å². The van der Waals surface area contributed by atoms with Gasteiger partial charge < -0.3 is 15.0 Å². The number of halogens is 1. The summed E-state index contributed by atoms with van der Waals surface area (Å²) in [4.78, 5) is 28.5. The van der Waals surface area contributed by atoms with Crippen LogP contribution in [-0.4, -0.2) is 29.7 Å². The van der Waals surface area contributed by atoms with Crippen molar-refractivity contribution < 1.29 is 18.7 Å². The molecule has 1 aromatic heterocycles. The second kappa shape index (κ2) is 6.92. The molecule has 2 heterocycles. The highest BCUT2D eigenvalue weighted by Crippen LogP contribution is 2.36. The average Bonchev–Trinajstić information content (AvgIpc) is 2.89. The third-order valence-corrected chi connectivity index (χ3v) is 5.49. The average molecular weight is 362 g/mol. The van der Waals surface area contributed by atoms with Crippen LogP contribution in [0, 0.1) is 19.7 Å². The number of esters is 1. The molecule has 2 N–H and O–H groups in total. The summed E-state index contributed by atoms with van der Waals surface area (Å²) in [6.45, 7) is 3.42. The predicted molar refractivity (Wildman–Crippen MR) is 93.6 cm³/mol. The first-order valence-corrected chi connectivity index (χ1v) is 8.91. The maximum atomic E-state index is 13.6. The van der Waals surface area contributed by atoms with Crippen molar-refractivity contribution in [1.82, 2.24) is 10.3 Å². The van der Waals surface area contributed by atoms with Gasteiger partial charge in [-0.3, -0.25) is 4.79 Å². The van der Waals surface area contributed by atoms with E-state index in [0.29, 0.717) is 22.5 Å². The van der Waals surface area contributed by atoms with Crippen LogP contribution in [0.4, 0.5) is 4.39 Å². The Labute approximate surface area is 149 Å². The molecule has 132 valence electrons. The Bertz CT molecular complexity index is 847. The molecule has 1 aliphatic heterocycles. The molecule has 0 fully saturated rings.